The number of carbonyl (C=O) groups is 1. The summed E-state index contributed by atoms with van der Waals surface area (Å²) >= 11 is 0. The largest absolute Gasteiger partial charge is 0.492 e. The van der Waals surface area contributed by atoms with Crippen LogP contribution < -0.4 is 4.74 Å². The number of rotatable bonds is 7. The topological polar surface area (TPSA) is 65.5 Å². The fourth-order valence-electron chi connectivity index (χ4n) is 4.97. The lowest BCUT2D eigenvalue weighted by Crippen LogP contribution is -2.40. The van der Waals surface area contributed by atoms with Crippen LogP contribution in [0.4, 0.5) is 0 Å². The number of aliphatic carboxylic acids is 1. The number of ether oxygens (including phenoxy) is 2. The summed E-state index contributed by atoms with van der Waals surface area (Å²) in [5, 5.41) is 9.88. The number of hydrogen-bond acceptors (Lipinski definition) is 6. The minimum absolute atomic E-state index is 0.199. The molecule has 3 aliphatic heterocycles. The Hall–Kier alpha value is -1.67. The molecule has 1 aromatic carbocycles. The van der Waals surface area contributed by atoms with Crippen molar-refractivity contribution >= 4 is 5.97 Å². The van der Waals surface area contributed by atoms with Gasteiger partial charge >= 0.3 is 5.97 Å². The molecule has 7 nitrogen and oxygen atoms in total. The zero-order valence-corrected chi connectivity index (χ0v) is 16.7. The Bertz CT molecular complexity index is 694. The highest BCUT2D eigenvalue weighted by Crippen LogP contribution is 2.43. The standard InChI is InChI=1S/C21H31N3O4/c1-22-13-18-14-24(16-21(18,15-22)20(25)26)12-17-4-2-3-5-19(17)28-11-8-23-6-9-27-10-7-23/h2-5,18H,6-16H2,1H3,(H,25,26)/t18-,21-/m0/s1. The quantitative estimate of drug-likeness (QED) is 0.742. The molecular weight excluding hydrogens is 358 g/mol. The van der Waals surface area contributed by atoms with Gasteiger partial charge in [-0.2, -0.15) is 0 Å². The van der Waals surface area contributed by atoms with E-state index in [0.717, 1.165) is 63.8 Å². The number of carboxylic acids is 1. The molecule has 3 aliphatic rings. The van der Waals surface area contributed by atoms with Crippen molar-refractivity contribution in [2.24, 2.45) is 11.3 Å². The van der Waals surface area contributed by atoms with Crippen molar-refractivity contribution in [3.05, 3.63) is 29.8 Å². The number of nitrogens with zero attached hydrogens (tertiary/aromatic N) is 3. The van der Waals surface area contributed by atoms with Gasteiger partial charge in [-0.15, -0.1) is 0 Å². The highest BCUT2D eigenvalue weighted by molar-refractivity contribution is 5.77. The van der Waals surface area contributed by atoms with Crippen LogP contribution in [0.15, 0.2) is 24.3 Å². The number of fused-ring (bicyclic) bond motifs is 1. The van der Waals surface area contributed by atoms with E-state index in [9.17, 15) is 9.90 Å². The normalized spacial score (nSPS) is 29.1. The summed E-state index contributed by atoms with van der Waals surface area (Å²) in [6.07, 6.45) is 0. The first-order valence-corrected chi connectivity index (χ1v) is 10.2. The Labute approximate surface area is 166 Å². The van der Waals surface area contributed by atoms with Gasteiger partial charge in [0.2, 0.25) is 0 Å². The number of morpholine rings is 1. The fourth-order valence-corrected chi connectivity index (χ4v) is 4.97. The van der Waals surface area contributed by atoms with E-state index in [-0.39, 0.29) is 5.92 Å². The molecule has 3 saturated heterocycles. The minimum atomic E-state index is -0.653. The van der Waals surface area contributed by atoms with Crippen molar-refractivity contribution in [2.45, 2.75) is 6.54 Å². The van der Waals surface area contributed by atoms with E-state index in [1.165, 1.54) is 0 Å². The van der Waals surface area contributed by atoms with Crippen molar-refractivity contribution in [1.82, 2.24) is 14.7 Å². The van der Waals surface area contributed by atoms with E-state index in [1.807, 2.05) is 25.2 Å². The number of para-hydroxylation sites is 1. The van der Waals surface area contributed by atoms with Gasteiger partial charge in [-0.1, -0.05) is 18.2 Å². The van der Waals surface area contributed by atoms with E-state index in [4.69, 9.17) is 9.47 Å². The van der Waals surface area contributed by atoms with Gasteiger partial charge < -0.3 is 19.5 Å². The van der Waals surface area contributed by atoms with Crippen molar-refractivity contribution in [3.63, 3.8) is 0 Å². The molecule has 2 atom stereocenters. The molecule has 0 aromatic heterocycles. The predicted molar refractivity (Wildman–Crippen MR) is 106 cm³/mol. The summed E-state index contributed by atoms with van der Waals surface area (Å²) in [6.45, 7) is 8.77. The molecule has 1 N–H and O–H groups in total. The van der Waals surface area contributed by atoms with Gasteiger partial charge in [0.1, 0.15) is 12.4 Å². The van der Waals surface area contributed by atoms with Gasteiger partial charge in [0.05, 0.1) is 18.6 Å². The molecule has 0 amide bonds. The van der Waals surface area contributed by atoms with Crippen LogP contribution >= 0.6 is 0 Å². The second-order valence-corrected chi connectivity index (χ2v) is 8.43. The highest BCUT2D eigenvalue weighted by Gasteiger charge is 2.56. The Balaban J connectivity index is 1.36. The van der Waals surface area contributed by atoms with E-state index >= 15 is 0 Å². The maximum Gasteiger partial charge on any atom is 0.312 e. The summed E-state index contributed by atoms with van der Waals surface area (Å²) in [5.74, 6) is 0.457. The lowest BCUT2D eigenvalue weighted by molar-refractivity contribution is -0.148. The predicted octanol–water partition coefficient (Wildman–Crippen LogP) is 0.846. The van der Waals surface area contributed by atoms with Crippen LogP contribution in [-0.4, -0.2) is 98.5 Å². The van der Waals surface area contributed by atoms with E-state index < -0.39 is 11.4 Å². The van der Waals surface area contributed by atoms with Crippen LogP contribution in [-0.2, 0) is 16.1 Å². The van der Waals surface area contributed by atoms with Gasteiger partial charge in [-0.3, -0.25) is 14.6 Å². The molecule has 28 heavy (non-hydrogen) atoms. The molecule has 7 heteroatoms. The van der Waals surface area contributed by atoms with Crippen LogP contribution in [0.5, 0.6) is 5.75 Å². The SMILES string of the molecule is CN1C[C@H]2CN(Cc3ccccc3OCCN3CCOCC3)C[C@@]2(C(=O)O)C1. The second-order valence-electron chi connectivity index (χ2n) is 8.43. The van der Waals surface area contributed by atoms with Crippen LogP contribution in [0.1, 0.15) is 5.56 Å². The van der Waals surface area contributed by atoms with Crippen molar-refractivity contribution < 1.29 is 19.4 Å². The molecule has 4 rings (SSSR count). The molecule has 0 radical (unpaired) electrons. The van der Waals surface area contributed by atoms with Gasteiger partial charge in [0.25, 0.3) is 0 Å². The van der Waals surface area contributed by atoms with Gasteiger partial charge in [-0.25, -0.2) is 0 Å². The maximum absolute atomic E-state index is 12.0. The summed E-state index contributed by atoms with van der Waals surface area (Å²) in [5.41, 5.74) is 0.513. The van der Waals surface area contributed by atoms with Gasteiger partial charge in [-0.05, 0) is 13.1 Å². The van der Waals surface area contributed by atoms with E-state index in [2.05, 4.69) is 20.8 Å². The molecule has 0 bridgehead atoms. The summed E-state index contributed by atoms with van der Waals surface area (Å²) < 4.78 is 11.5. The maximum atomic E-state index is 12.0. The van der Waals surface area contributed by atoms with Crippen LogP contribution in [0, 0.1) is 11.3 Å². The zero-order chi connectivity index (χ0) is 19.6. The molecule has 154 valence electrons. The first-order chi connectivity index (χ1) is 13.6. The zero-order valence-electron chi connectivity index (χ0n) is 16.7. The molecule has 1 aromatic rings. The minimum Gasteiger partial charge on any atom is -0.492 e. The number of likely N-dealkylation sites (tertiary alicyclic amines) is 2. The van der Waals surface area contributed by atoms with Crippen LogP contribution in [0.25, 0.3) is 0 Å². The van der Waals surface area contributed by atoms with Gasteiger partial charge in [0, 0.05) is 63.8 Å². The summed E-state index contributed by atoms with van der Waals surface area (Å²) in [4.78, 5) is 18.8. The third-order valence-corrected chi connectivity index (χ3v) is 6.41. The van der Waals surface area contributed by atoms with Crippen molar-refractivity contribution in [3.8, 4) is 5.75 Å². The average Bonchev–Trinajstić information content (AvgIpc) is 3.17. The molecule has 0 aliphatic carbocycles. The number of carboxylic acid groups (broad SMARTS) is 1. The summed E-state index contributed by atoms with van der Waals surface area (Å²) in [6, 6.07) is 8.14. The highest BCUT2D eigenvalue weighted by atomic mass is 16.5. The van der Waals surface area contributed by atoms with Crippen molar-refractivity contribution in [2.75, 3.05) is 72.7 Å². The lowest BCUT2D eigenvalue weighted by Gasteiger charge is -2.27. The van der Waals surface area contributed by atoms with E-state index in [1.54, 1.807) is 0 Å². The molecule has 0 saturated carbocycles. The monoisotopic (exact) mass is 389 g/mol. The first kappa shape index (κ1) is 19.6. The van der Waals surface area contributed by atoms with Crippen LogP contribution in [0.3, 0.4) is 0 Å². The Kier molecular flexibility index (Phi) is 5.87. The van der Waals surface area contributed by atoms with E-state index in [0.29, 0.717) is 19.7 Å². The first-order valence-electron chi connectivity index (χ1n) is 10.2. The molecule has 0 spiro atoms. The molecule has 0 unspecified atom stereocenters. The third-order valence-electron chi connectivity index (χ3n) is 6.41. The smallest absolute Gasteiger partial charge is 0.312 e. The molecule has 3 heterocycles. The molecule has 3 fully saturated rings. The fraction of sp³-hybridized carbons (Fsp3) is 0.667. The number of hydrogen-bond donors (Lipinski definition) is 1. The summed E-state index contributed by atoms with van der Waals surface area (Å²) in [7, 11) is 2.02. The molecular formula is C21H31N3O4. The lowest BCUT2D eigenvalue weighted by atomic mass is 9.81. The Morgan fingerprint density at radius 3 is 2.75 bits per heavy atom. The Morgan fingerprint density at radius 1 is 1.21 bits per heavy atom. The van der Waals surface area contributed by atoms with Gasteiger partial charge in [0.15, 0.2) is 0 Å². The second kappa shape index (κ2) is 8.37. The Morgan fingerprint density at radius 2 is 2.00 bits per heavy atom. The van der Waals surface area contributed by atoms with Crippen molar-refractivity contribution in [1.29, 1.82) is 0 Å². The number of benzene rings is 1. The average molecular weight is 389 g/mol. The van der Waals surface area contributed by atoms with Crippen LogP contribution in [0.2, 0.25) is 0 Å². The third kappa shape index (κ3) is 4.03.